The Labute approximate surface area is 143 Å². The predicted molar refractivity (Wildman–Crippen MR) is 98.0 cm³/mol. The van der Waals surface area contributed by atoms with Crippen LogP contribution in [0.25, 0.3) is 27.4 Å². The van der Waals surface area contributed by atoms with Crippen LogP contribution in [0.5, 0.6) is 0 Å². The largest absolute Gasteiger partial charge is 0.305 e. The molecule has 0 amide bonds. The fourth-order valence-electron chi connectivity index (χ4n) is 3.43. The summed E-state index contributed by atoms with van der Waals surface area (Å²) < 4.78 is 2.10. The number of rotatable bonds is 2. The first-order valence-corrected chi connectivity index (χ1v) is 8.72. The fourth-order valence-corrected chi connectivity index (χ4v) is 4.17. The van der Waals surface area contributed by atoms with Crippen molar-refractivity contribution in [1.82, 2.24) is 4.57 Å². The van der Waals surface area contributed by atoms with E-state index in [0.717, 1.165) is 33.8 Å². The Bertz CT molecular complexity index is 1060. The maximum absolute atomic E-state index is 13.0. The number of carbonyl (C=O) groups excluding carboxylic acids is 1. The van der Waals surface area contributed by atoms with E-state index >= 15 is 0 Å². The molecule has 0 saturated heterocycles. The number of carbonyl (C=O) groups is 1. The van der Waals surface area contributed by atoms with Crippen LogP contribution in [0.2, 0.25) is 0 Å². The molecule has 0 radical (unpaired) electrons. The molecular weight excluding hydrogens is 314 g/mol. The summed E-state index contributed by atoms with van der Waals surface area (Å²) in [6, 6.07) is 24.3. The average Bonchev–Trinajstić information content (AvgIpc) is 3.33. The van der Waals surface area contributed by atoms with Crippen LogP contribution in [0.3, 0.4) is 0 Å². The van der Waals surface area contributed by atoms with Gasteiger partial charge in [0.1, 0.15) is 5.69 Å². The summed E-state index contributed by atoms with van der Waals surface area (Å²) in [6.45, 7) is 0. The van der Waals surface area contributed by atoms with Gasteiger partial charge in [-0.3, -0.25) is 4.79 Å². The maximum atomic E-state index is 13.0. The molecule has 0 unspecified atom stereocenters. The van der Waals surface area contributed by atoms with Crippen LogP contribution in [0.4, 0.5) is 0 Å². The second-order valence-electron chi connectivity index (χ2n) is 5.81. The molecule has 3 heteroatoms. The number of fused-ring (bicyclic) bond motifs is 3. The van der Waals surface area contributed by atoms with Crippen LogP contribution < -0.4 is 0 Å². The third-order valence-electron chi connectivity index (χ3n) is 4.47. The number of nitrogens with zero attached hydrogens (tertiary/aromatic N) is 1. The maximum Gasteiger partial charge on any atom is 0.211 e. The average molecular weight is 327 g/mol. The van der Waals surface area contributed by atoms with Crippen LogP contribution in [0.15, 0.2) is 78.2 Å². The van der Waals surface area contributed by atoms with Crippen molar-refractivity contribution in [3.63, 3.8) is 0 Å². The number of aromatic nitrogens is 1. The van der Waals surface area contributed by atoms with Gasteiger partial charge in [0, 0.05) is 16.8 Å². The normalized spacial score (nSPS) is 12.2. The number of benzene rings is 2. The highest BCUT2D eigenvalue weighted by atomic mass is 32.1. The molecule has 1 aliphatic rings. The predicted octanol–water partition coefficient (Wildman–Crippen LogP) is 5.42. The number of para-hydroxylation sites is 1. The fraction of sp³-hybridized carbons (Fsp3) is 0. The minimum absolute atomic E-state index is 0.104. The van der Waals surface area contributed by atoms with Gasteiger partial charge in [0.25, 0.3) is 0 Å². The third-order valence-corrected chi connectivity index (χ3v) is 5.36. The number of hydrogen-bond donors (Lipinski definition) is 0. The van der Waals surface area contributed by atoms with Gasteiger partial charge < -0.3 is 4.57 Å². The molecule has 2 heterocycles. The quantitative estimate of drug-likeness (QED) is 0.424. The number of thiophene rings is 1. The molecule has 0 atom stereocenters. The molecule has 0 saturated carbocycles. The van der Waals surface area contributed by atoms with Gasteiger partial charge in [-0.1, -0.05) is 48.5 Å². The van der Waals surface area contributed by atoms with Crippen LogP contribution in [-0.2, 0) is 0 Å². The molecule has 4 aromatic rings. The van der Waals surface area contributed by atoms with Gasteiger partial charge in [-0.2, -0.15) is 0 Å². The van der Waals surface area contributed by atoms with Crippen molar-refractivity contribution in [2.45, 2.75) is 0 Å². The molecule has 1 aliphatic carbocycles. The molecule has 114 valence electrons. The standard InChI is InChI=1S/C21H13NOS/c23-21-16-10-5-4-9-15(16)17-13-18(19-11-6-12-24-19)22(20(17)21)14-7-2-1-3-8-14/h1-13H. The molecule has 0 fully saturated rings. The molecule has 24 heavy (non-hydrogen) atoms. The summed E-state index contributed by atoms with van der Waals surface area (Å²) in [6.07, 6.45) is 0. The molecule has 2 nitrogen and oxygen atoms in total. The first-order chi connectivity index (χ1) is 11.8. The summed E-state index contributed by atoms with van der Waals surface area (Å²) >= 11 is 1.69. The molecule has 0 N–H and O–H groups in total. The Morgan fingerprint density at radius 1 is 0.750 bits per heavy atom. The van der Waals surface area contributed by atoms with Gasteiger partial charge in [0.15, 0.2) is 0 Å². The minimum Gasteiger partial charge on any atom is -0.305 e. The van der Waals surface area contributed by atoms with Gasteiger partial charge in [0.2, 0.25) is 5.78 Å². The molecule has 2 aromatic carbocycles. The monoisotopic (exact) mass is 327 g/mol. The first-order valence-electron chi connectivity index (χ1n) is 7.84. The first kappa shape index (κ1) is 13.5. The highest BCUT2D eigenvalue weighted by Crippen LogP contribution is 2.43. The van der Waals surface area contributed by atoms with E-state index in [1.54, 1.807) is 11.3 Å². The second kappa shape index (κ2) is 5.05. The van der Waals surface area contributed by atoms with Crippen LogP contribution in [-0.4, -0.2) is 10.4 Å². The van der Waals surface area contributed by atoms with Gasteiger partial charge in [-0.25, -0.2) is 0 Å². The molecule has 2 aromatic heterocycles. The number of hydrogen-bond acceptors (Lipinski definition) is 2. The minimum atomic E-state index is 0.104. The SMILES string of the molecule is O=C1c2ccccc2-c2cc(-c3cccs3)n(-c3ccccc3)c21. The Balaban J connectivity index is 1.87. The van der Waals surface area contributed by atoms with Crippen molar-refractivity contribution in [2.24, 2.45) is 0 Å². The van der Waals surface area contributed by atoms with Crippen molar-refractivity contribution in [2.75, 3.05) is 0 Å². The van der Waals surface area contributed by atoms with Gasteiger partial charge in [0.05, 0.1) is 10.6 Å². The Hall–Kier alpha value is -2.91. The second-order valence-corrected chi connectivity index (χ2v) is 6.76. The van der Waals surface area contributed by atoms with Crippen molar-refractivity contribution in [3.05, 3.63) is 89.4 Å². The van der Waals surface area contributed by atoms with E-state index in [1.165, 1.54) is 4.88 Å². The van der Waals surface area contributed by atoms with Crippen molar-refractivity contribution in [3.8, 4) is 27.4 Å². The summed E-state index contributed by atoms with van der Waals surface area (Å²) in [5.74, 6) is 0.104. The third kappa shape index (κ3) is 1.79. The Morgan fingerprint density at radius 3 is 2.25 bits per heavy atom. The summed E-state index contributed by atoms with van der Waals surface area (Å²) in [4.78, 5) is 14.2. The lowest BCUT2D eigenvalue weighted by atomic mass is 10.1. The van der Waals surface area contributed by atoms with E-state index < -0.39 is 0 Å². The Morgan fingerprint density at radius 2 is 1.50 bits per heavy atom. The van der Waals surface area contributed by atoms with Crippen LogP contribution in [0.1, 0.15) is 16.1 Å². The van der Waals surface area contributed by atoms with E-state index in [-0.39, 0.29) is 5.78 Å². The lowest BCUT2D eigenvalue weighted by molar-refractivity contribution is 0.103. The van der Waals surface area contributed by atoms with Crippen LogP contribution in [0, 0.1) is 0 Å². The zero-order chi connectivity index (χ0) is 16.1. The van der Waals surface area contributed by atoms with E-state index in [9.17, 15) is 4.79 Å². The van der Waals surface area contributed by atoms with Crippen molar-refractivity contribution in [1.29, 1.82) is 0 Å². The van der Waals surface area contributed by atoms with E-state index in [2.05, 4.69) is 22.1 Å². The van der Waals surface area contributed by atoms with Crippen molar-refractivity contribution >= 4 is 17.1 Å². The summed E-state index contributed by atoms with van der Waals surface area (Å²) in [5.41, 5.74) is 5.72. The van der Waals surface area contributed by atoms with Gasteiger partial charge >= 0.3 is 0 Å². The number of ketones is 1. The van der Waals surface area contributed by atoms with Crippen molar-refractivity contribution < 1.29 is 4.79 Å². The topological polar surface area (TPSA) is 22.0 Å². The molecular formula is C21H13NOS. The Kier molecular flexibility index (Phi) is 2.84. The highest BCUT2D eigenvalue weighted by molar-refractivity contribution is 7.13. The molecule has 5 rings (SSSR count). The van der Waals surface area contributed by atoms with E-state index in [0.29, 0.717) is 0 Å². The molecule has 0 aliphatic heterocycles. The highest BCUT2D eigenvalue weighted by Gasteiger charge is 2.32. The lowest BCUT2D eigenvalue weighted by Crippen LogP contribution is -2.07. The van der Waals surface area contributed by atoms with Crippen LogP contribution >= 0.6 is 11.3 Å². The summed E-state index contributed by atoms with van der Waals surface area (Å²) in [7, 11) is 0. The van der Waals surface area contributed by atoms with Gasteiger partial charge in [-0.05, 0) is 35.2 Å². The zero-order valence-electron chi connectivity index (χ0n) is 12.8. The lowest BCUT2D eigenvalue weighted by Gasteiger charge is -2.11. The summed E-state index contributed by atoms with van der Waals surface area (Å²) in [5, 5.41) is 2.07. The van der Waals surface area contributed by atoms with E-state index in [1.807, 2.05) is 60.7 Å². The van der Waals surface area contributed by atoms with Gasteiger partial charge in [-0.15, -0.1) is 11.3 Å². The smallest absolute Gasteiger partial charge is 0.211 e. The molecule has 0 bridgehead atoms. The zero-order valence-corrected chi connectivity index (χ0v) is 13.6. The van der Waals surface area contributed by atoms with E-state index in [4.69, 9.17) is 0 Å². The molecule has 0 spiro atoms.